The van der Waals surface area contributed by atoms with E-state index < -0.39 is 0 Å². The zero-order valence-electron chi connectivity index (χ0n) is 13.4. The molecule has 0 radical (unpaired) electrons. The summed E-state index contributed by atoms with van der Waals surface area (Å²) in [6.07, 6.45) is 0.782. The van der Waals surface area contributed by atoms with E-state index in [1.165, 1.54) is 0 Å². The Labute approximate surface area is 126 Å². The van der Waals surface area contributed by atoms with Crippen LogP contribution in [-0.2, 0) is 10.2 Å². The monoisotopic (exact) mass is 292 g/mol. The summed E-state index contributed by atoms with van der Waals surface area (Å²) in [5.41, 5.74) is 1.76. The lowest BCUT2D eigenvalue weighted by Crippen LogP contribution is -2.29. The molecule has 1 heterocycles. The van der Waals surface area contributed by atoms with Gasteiger partial charge in [0, 0.05) is 29.9 Å². The second-order valence-corrected chi connectivity index (χ2v) is 6.28. The maximum absolute atomic E-state index is 11.7. The van der Waals surface area contributed by atoms with E-state index in [2.05, 4.69) is 31.4 Å². The fraction of sp³-hybridized carbons (Fsp3) is 0.562. The maximum Gasteiger partial charge on any atom is 0.242 e. The average Bonchev–Trinajstić information content (AvgIpc) is 2.81. The SMILES string of the molecule is COc1cc(NC2CCNC2=O)cc(OC)c1C(C)(C)C. The molecule has 0 aliphatic carbocycles. The summed E-state index contributed by atoms with van der Waals surface area (Å²) in [6.45, 7) is 7.06. The van der Waals surface area contributed by atoms with Gasteiger partial charge < -0.3 is 20.1 Å². The highest BCUT2D eigenvalue weighted by Gasteiger charge is 2.27. The number of hydrogen-bond donors (Lipinski definition) is 2. The first-order valence-corrected chi connectivity index (χ1v) is 7.17. The van der Waals surface area contributed by atoms with Gasteiger partial charge in [-0.15, -0.1) is 0 Å². The first-order chi connectivity index (χ1) is 9.86. The molecule has 2 rings (SSSR count). The number of anilines is 1. The normalized spacial score (nSPS) is 18.3. The van der Waals surface area contributed by atoms with Gasteiger partial charge in [0.15, 0.2) is 0 Å². The number of hydrogen-bond acceptors (Lipinski definition) is 4. The predicted octanol–water partition coefficient (Wildman–Crippen LogP) is 2.30. The van der Waals surface area contributed by atoms with Crippen molar-refractivity contribution in [2.24, 2.45) is 0 Å². The van der Waals surface area contributed by atoms with Crippen LogP contribution in [0.25, 0.3) is 0 Å². The Balaban J connectivity index is 2.38. The number of amides is 1. The van der Waals surface area contributed by atoms with E-state index in [0.29, 0.717) is 6.54 Å². The Morgan fingerprint density at radius 3 is 2.14 bits per heavy atom. The minimum Gasteiger partial charge on any atom is -0.496 e. The molecule has 0 bridgehead atoms. The first kappa shape index (κ1) is 15.5. The second kappa shape index (κ2) is 5.84. The van der Waals surface area contributed by atoms with E-state index in [4.69, 9.17) is 9.47 Å². The van der Waals surface area contributed by atoms with Crippen molar-refractivity contribution >= 4 is 11.6 Å². The molecule has 1 saturated heterocycles. The second-order valence-electron chi connectivity index (χ2n) is 6.28. The molecule has 1 aliphatic rings. The van der Waals surface area contributed by atoms with Crippen LogP contribution < -0.4 is 20.1 Å². The molecule has 1 unspecified atom stereocenters. The van der Waals surface area contributed by atoms with Crippen LogP contribution in [0.4, 0.5) is 5.69 Å². The molecule has 0 spiro atoms. The van der Waals surface area contributed by atoms with Crippen LogP contribution in [0.5, 0.6) is 11.5 Å². The Hall–Kier alpha value is -1.91. The van der Waals surface area contributed by atoms with E-state index >= 15 is 0 Å². The molecule has 21 heavy (non-hydrogen) atoms. The Morgan fingerprint density at radius 1 is 1.19 bits per heavy atom. The van der Waals surface area contributed by atoms with E-state index in [0.717, 1.165) is 29.2 Å². The summed E-state index contributed by atoms with van der Waals surface area (Å²) >= 11 is 0. The summed E-state index contributed by atoms with van der Waals surface area (Å²) in [5.74, 6) is 1.57. The van der Waals surface area contributed by atoms with E-state index in [1.807, 2.05) is 12.1 Å². The van der Waals surface area contributed by atoms with Crippen molar-refractivity contribution in [3.05, 3.63) is 17.7 Å². The van der Waals surface area contributed by atoms with E-state index in [-0.39, 0.29) is 17.4 Å². The van der Waals surface area contributed by atoms with Crippen LogP contribution >= 0.6 is 0 Å². The lowest BCUT2D eigenvalue weighted by atomic mass is 9.85. The third-order valence-electron chi connectivity index (χ3n) is 3.65. The van der Waals surface area contributed by atoms with Crippen molar-refractivity contribution in [2.75, 3.05) is 26.1 Å². The van der Waals surface area contributed by atoms with Gasteiger partial charge in [-0.3, -0.25) is 4.79 Å². The first-order valence-electron chi connectivity index (χ1n) is 7.17. The third kappa shape index (κ3) is 3.23. The molecular formula is C16H24N2O3. The number of rotatable bonds is 4. The van der Waals surface area contributed by atoms with Gasteiger partial charge in [0.1, 0.15) is 17.5 Å². The minimum atomic E-state index is -0.195. The van der Waals surface area contributed by atoms with Crippen LogP contribution in [0.1, 0.15) is 32.8 Å². The summed E-state index contributed by atoms with van der Waals surface area (Å²) in [7, 11) is 3.30. The quantitative estimate of drug-likeness (QED) is 0.894. The van der Waals surface area contributed by atoms with Crippen LogP contribution in [0.2, 0.25) is 0 Å². The van der Waals surface area contributed by atoms with Gasteiger partial charge in [-0.1, -0.05) is 20.8 Å². The standard InChI is InChI=1S/C16H24N2O3/c1-16(2,3)14-12(20-4)8-10(9-13(14)21-5)18-11-6-7-17-15(11)19/h8-9,11,18H,6-7H2,1-5H3,(H,17,19). The number of nitrogens with one attached hydrogen (secondary N) is 2. The lowest BCUT2D eigenvalue weighted by molar-refractivity contribution is -0.119. The summed E-state index contributed by atoms with van der Waals surface area (Å²) in [5, 5.41) is 6.07. The fourth-order valence-corrected chi connectivity index (χ4v) is 2.67. The van der Waals surface area contributed by atoms with Gasteiger partial charge in [-0.05, 0) is 11.8 Å². The van der Waals surface area contributed by atoms with Crippen LogP contribution in [0.3, 0.4) is 0 Å². The van der Waals surface area contributed by atoms with Crippen molar-refractivity contribution in [3.8, 4) is 11.5 Å². The summed E-state index contributed by atoms with van der Waals surface area (Å²) < 4.78 is 11.1. The number of carbonyl (C=O) groups is 1. The molecule has 1 aliphatic heterocycles. The third-order valence-corrected chi connectivity index (χ3v) is 3.65. The number of methoxy groups -OCH3 is 2. The van der Waals surface area contributed by atoms with Crippen LogP contribution in [-0.4, -0.2) is 32.7 Å². The molecule has 1 fully saturated rings. The highest BCUT2D eigenvalue weighted by Crippen LogP contribution is 2.41. The fourth-order valence-electron chi connectivity index (χ4n) is 2.67. The molecule has 5 nitrogen and oxygen atoms in total. The molecule has 5 heteroatoms. The van der Waals surface area contributed by atoms with Gasteiger partial charge in [-0.2, -0.15) is 0 Å². The molecule has 1 aromatic carbocycles. The van der Waals surface area contributed by atoms with Crippen molar-refractivity contribution < 1.29 is 14.3 Å². The zero-order chi connectivity index (χ0) is 15.6. The Kier molecular flexibility index (Phi) is 4.30. The van der Waals surface area contributed by atoms with Gasteiger partial charge >= 0.3 is 0 Å². The van der Waals surface area contributed by atoms with Gasteiger partial charge in [0.25, 0.3) is 0 Å². The molecule has 1 amide bonds. The van der Waals surface area contributed by atoms with E-state index in [9.17, 15) is 4.79 Å². The highest BCUT2D eigenvalue weighted by molar-refractivity contribution is 5.86. The van der Waals surface area contributed by atoms with Gasteiger partial charge in [-0.25, -0.2) is 0 Å². The number of carbonyl (C=O) groups excluding carboxylic acids is 1. The predicted molar refractivity (Wildman–Crippen MR) is 83.3 cm³/mol. The zero-order valence-corrected chi connectivity index (χ0v) is 13.4. The van der Waals surface area contributed by atoms with Crippen molar-refractivity contribution in [3.63, 3.8) is 0 Å². The van der Waals surface area contributed by atoms with E-state index in [1.54, 1.807) is 14.2 Å². The molecular weight excluding hydrogens is 268 g/mol. The van der Waals surface area contributed by atoms with Gasteiger partial charge in [0.2, 0.25) is 5.91 Å². The Morgan fingerprint density at radius 2 is 1.76 bits per heavy atom. The maximum atomic E-state index is 11.7. The molecule has 1 atom stereocenters. The summed E-state index contributed by atoms with van der Waals surface area (Å²) in [6, 6.07) is 3.66. The lowest BCUT2D eigenvalue weighted by Gasteiger charge is -2.26. The molecule has 116 valence electrons. The summed E-state index contributed by atoms with van der Waals surface area (Å²) in [4.78, 5) is 11.7. The van der Waals surface area contributed by atoms with Gasteiger partial charge in [0.05, 0.1) is 14.2 Å². The Bertz CT molecular complexity index is 510. The number of ether oxygens (including phenoxy) is 2. The van der Waals surface area contributed by atoms with Crippen LogP contribution in [0.15, 0.2) is 12.1 Å². The topological polar surface area (TPSA) is 59.6 Å². The molecule has 0 aromatic heterocycles. The molecule has 0 saturated carbocycles. The molecule has 2 N–H and O–H groups in total. The van der Waals surface area contributed by atoms with Crippen molar-refractivity contribution in [1.29, 1.82) is 0 Å². The van der Waals surface area contributed by atoms with Crippen molar-refractivity contribution in [2.45, 2.75) is 38.6 Å². The van der Waals surface area contributed by atoms with Crippen LogP contribution in [0, 0.1) is 0 Å². The molecule has 1 aromatic rings. The number of benzene rings is 1. The largest absolute Gasteiger partial charge is 0.496 e. The smallest absolute Gasteiger partial charge is 0.242 e. The average molecular weight is 292 g/mol. The van der Waals surface area contributed by atoms with Crippen molar-refractivity contribution in [1.82, 2.24) is 5.32 Å². The highest BCUT2D eigenvalue weighted by atomic mass is 16.5. The minimum absolute atomic E-state index is 0.0350.